The highest BCUT2D eigenvalue weighted by Crippen LogP contribution is 2.16. The number of carbonyl (C=O) groups excluding carboxylic acids is 1. The van der Waals surface area contributed by atoms with E-state index >= 15 is 0 Å². The lowest BCUT2D eigenvalue weighted by Gasteiger charge is -2.16. The number of nitrogens with one attached hydrogen (secondary N) is 2. The Balaban J connectivity index is 0.00000324. The summed E-state index contributed by atoms with van der Waals surface area (Å²) in [5.41, 5.74) is 0. The number of thioether (sulfide) groups is 1. The Bertz CT molecular complexity index is 221. The lowest BCUT2D eigenvalue weighted by Crippen LogP contribution is -2.37. The molecule has 0 aromatic carbocycles. The molecule has 1 rings (SSSR count). The Labute approximate surface area is 128 Å². The summed E-state index contributed by atoms with van der Waals surface area (Å²) in [6, 6.07) is 0.680. The lowest BCUT2D eigenvalue weighted by atomic mass is 10.1. The fourth-order valence-corrected chi connectivity index (χ4v) is 3.04. The van der Waals surface area contributed by atoms with Gasteiger partial charge in [0.05, 0.1) is 5.75 Å². The first-order valence-electron chi connectivity index (χ1n) is 7.40. The maximum absolute atomic E-state index is 11.5. The van der Waals surface area contributed by atoms with Crippen LogP contribution in [0.1, 0.15) is 51.9 Å². The van der Waals surface area contributed by atoms with E-state index < -0.39 is 0 Å². The third-order valence-electron chi connectivity index (χ3n) is 3.32. The zero-order valence-electron chi connectivity index (χ0n) is 12.1. The van der Waals surface area contributed by atoms with Gasteiger partial charge in [-0.05, 0) is 25.0 Å². The third kappa shape index (κ3) is 10.5. The maximum Gasteiger partial charge on any atom is 0.230 e. The van der Waals surface area contributed by atoms with Crippen LogP contribution in [0.3, 0.4) is 0 Å². The van der Waals surface area contributed by atoms with Gasteiger partial charge in [0.25, 0.3) is 0 Å². The minimum Gasteiger partial charge on any atom is -0.354 e. The average Bonchev–Trinajstić information content (AvgIpc) is 2.63. The van der Waals surface area contributed by atoms with Crippen LogP contribution >= 0.6 is 24.2 Å². The van der Waals surface area contributed by atoms with Crippen LogP contribution in [0.5, 0.6) is 0 Å². The second-order valence-electron chi connectivity index (χ2n) is 5.05. The topological polar surface area (TPSA) is 41.1 Å². The smallest absolute Gasteiger partial charge is 0.230 e. The summed E-state index contributed by atoms with van der Waals surface area (Å²) in [6.45, 7) is 3.82. The molecule has 0 saturated heterocycles. The lowest BCUT2D eigenvalue weighted by molar-refractivity contribution is -0.118. The molecule has 19 heavy (non-hydrogen) atoms. The molecule has 1 amide bonds. The third-order valence-corrected chi connectivity index (χ3v) is 4.48. The quantitative estimate of drug-likeness (QED) is 0.535. The van der Waals surface area contributed by atoms with E-state index in [1.807, 2.05) is 0 Å². The highest BCUT2D eigenvalue weighted by molar-refractivity contribution is 7.99. The van der Waals surface area contributed by atoms with Crippen LogP contribution < -0.4 is 10.6 Å². The maximum atomic E-state index is 11.5. The van der Waals surface area contributed by atoms with Crippen LogP contribution in [0.25, 0.3) is 0 Å². The van der Waals surface area contributed by atoms with Crippen LogP contribution in [0.2, 0.25) is 0 Å². The highest BCUT2D eigenvalue weighted by atomic mass is 35.5. The molecule has 2 N–H and O–H groups in total. The van der Waals surface area contributed by atoms with Crippen LogP contribution in [-0.4, -0.2) is 36.5 Å². The zero-order valence-corrected chi connectivity index (χ0v) is 13.7. The van der Waals surface area contributed by atoms with Crippen molar-refractivity contribution in [2.75, 3.05) is 24.6 Å². The molecule has 0 radical (unpaired) electrons. The SMILES string of the molecule is CCCSCC(=O)NCCNC1CCCCCC1.Cl. The molecule has 1 aliphatic rings. The molecule has 1 fully saturated rings. The minimum absolute atomic E-state index is 0. The molecule has 0 unspecified atom stereocenters. The van der Waals surface area contributed by atoms with E-state index in [-0.39, 0.29) is 18.3 Å². The first kappa shape index (κ1) is 19.1. The molecule has 0 heterocycles. The summed E-state index contributed by atoms with van der Waals surface area (Å²) in [7, 11) is 0. The predicted molar refractivity (Wildman–Crippen MR) is 87.4 cm³/mol. The van der Waals surface area contributed by atoms with Crippen LogP contribution in [-0.2, 0) is 4.79 Å². The summed E-state index contributed by atoms with van der Waals surface area (Å²) in [6.07, 6.45) is 9.25. The van der Waals surface area contributed by atoms with Gasteiger partial charge in [0.15, 0.2) is 0 Å². The Hall–Kier alpha value is 0.0700. The van der Waals surface area contributed by atoms with Crippen LogP contribution in [0.15, 0.2) is 0 Å². The van der Waals surface area contributed by atoms with Crippen molar-refractivity contribution in [3.63, 3.8) is 0 Å². The van der Waals surface area contributed by atoms with Gasteiger partial charge in [-0.25, -0.2) is 0 Å². The van der Waals surface area contributed by atoms with E-state index in [0.717, 1.165) is 25.3 Å². The Morgan fingerprint density at radius 1 is 1.16 bits per heavy atom. The van der Waals surface area contributed by atoms with Gasteiger partial charge in [0, 0.05) is 19.1 Å². The normalized spacial score (nSPS) is 16.5. The van der Waals surface area contributed by atoms with Crippen molar-refractivity contribution in [3.05, 3.63) is 0 Å². The number of rotatable bonds is 8. The largest absolute Gasteiger partial charge is 0.354 e. The first-order valence-corrected chi connectivity index (χ1v) is 8.56. The molecule has 0 aromatic heterocycles. The van der Waals surface area contributed by atoms with Crippen molar-refractivity contribution in [1.29, 1.82) is 0 Å². The molecular weight excluding hydrogens is 280 g/mol. The fourth-order valence-electron chi connectivity index (χ4n) is 2.32. The number of carbonyl (C=O) groups is 1. The van der Waals surface area contributed by atoms with Gasteiger partial charge in [0.2, 0.25) is 5.91 Å². The number of amides is 1. The van der Waals surface area contributed by atoms with Crippen molar-refractivity contribution < 1.29 is 4.79 Å². The molecule has 0 bridgehead atoms. The number of halogens is 1. The van der Waals surface area contributed by atoms with Gasteiger partial charge in [-0.2, -0.15) is 11.8 Å². The second kappa shape index (κ2) is 13.1. The monoisotopic (exact) mass is 308 g/mol. The number of hydrogen-bond acceptors (Lipinski definition) is 3. The van der Waals surface area contributed by atoms with E-state index in [4.69, 9.17) is 0 Å². The van der Waals surface area contributed by atoms with E-state index in [2.05, 4.69) is 17.6 Å². The summed E-state index contributed by atoms with van der Waals surface area (Å²) in [4.78, 5) is 11.5. The van der Waals surface area contributed by atoms with E-state index in [1.54, 1.807) is 11.8 Å². The second-order valence-corrected chi connectivity index (χ2v) is 6.15. The number of hydrogen-bond donors (Lipinski definition) is 2. The predicted octanol–water partition coefficient (Wildman–Crippen LogP) is 2.98. The van der Waals surface area contributed by atoms with Gasteiger partial charge < -0.3 is 10.6 Å². The minimum atomic E-state index is 0. The summed E-state index contributed by atoms with van der Waals surface area (Å²) < 4.78 is 0. The summed E-state index contributed by atoms with van der Waals surface area (Å²) in [5.74, 6) is 1.86. The van der Waals surface area contributed by atoms with Gasteiger partial charge in [-0.15, -0.1) is 12.4 Å². The molecule has 1 aliphatic carbocycles. The molecule has 0 atom stereocenters. The zero-order chi connectivity index (χ0) is 13.1. The van der Waals surface area contributed by atoms with Crippen LogP contribution in [0, 0.1) is 0 Å². The first-order chi connectivity index (χ1) is 8.83. The van der Waals surface area contributed by atoms with Crippen molar-refractivity contribution in [1.82, 2.24) is 10.6 Å². The van der Waals surface area contributed by atoms with Crippen molar-refractivity contribution in [2.24, 2.45) is 0 Å². The van der Waals surface area contributed by atoms with Gasteiger partial charge >= 0.3 is 0 Å². The van der Waals surface area contributed by atoms with E-state index in [0.29, 0.717) is 11.8 Å². The van der Waals surface area contributed by atoms with Crippen molar-refractivity contribution in [2.45, 2.75) is 57.9 Å². The van der Waals surface area contributed by atoms with Crippen molar-refractivity contribution in [3.8, 4) is 0 Å². The van der Waals surface area contributed by atoms with E-state index in [9.17, 15) is 4.79 Å². The Kier molecular flexibility index (Phi) is 13.1. The Morgan fingerprint density at radius 2 is 1.84 bits per heavy atom. The molecule has 0 aliphatic heterocycles. The molecular formula is C14H29ClN2OS. The standard InChI is InChI=1S/C14H28N2OS.ClH/c1-2-11-18-12-14(17)16-10-9-15-13-7-5-3-4-6-8-13;/h13,15H,2-12H2,1H3,(H,16,17);1H. The fraction of sp³-hybridized carbons (Fsp3) is 0.929. The van der Waals surface area contributed by atoms with Gasteiger partial charge in [0.1, 0.15) is 0 Å². The molecule has 114 valence electrons. The molecule has 1 saturated carbocycles. The molecule has 0 spiro atoms. The highest BCUT2D eigenvalue weighted by Gasteiger charge is 2.10. The molecule has 5 heteroatoms. The summed E-state index contributed by atoms with van der Waals surface area (Å²) in [5, 5.41) is 6.54. The van der Waals surface area contributed by atoms with Gasteiger partial charge in [-0.1, -0.05) is 32.6 Å². The average molecular weight is 309 g/mol. The molecule has 3 nitrogen and oxygen atoms in total. The van der Waals surface area contributed by atoms with Crippen molar-refractivity contribution >= 4 is 30.1 Å². The molecule has 0 aromatic rings. The summed E-state index contributed by atoms with van der Waals surface area (Å²) >= 11 is 1.72. The van der Waals surface area contributed by atoms with E-state index in [1.165, 1.54) is 38.5 Å². The van der Waals surface area contributed by atoms with Crippen LogP contribution in [0.4, 0.5) is 0 Å². The van der Waals surface area contributed by atoms with Gasteiger partial charge in [-0.3, -0.25) is 4.79 Å². The Morgan fingerprint density at radius 3 is 2.47 bits per heavy atom.